The Labute approximate surface area is 141 Å². The second kappa shape index (κ2) is 7.34. The maximum Gasteiger partial charge on any atom is 0.407 e. The number of benzene rings is 1. The molecule has 0 unspecified atom stereocenters. The number of hydrogen-bond donors (Lipinski definition) is 1. The number of fused-ring (bicyclic) bond motifs is 1. The Morgan fingerprint density at radius 3 is 2.83 bits per heavy atom. The molecule has 0 saturated heterocycles. The molecule has 4 nitrogen and oxygen atoms in total. The summed E-state index contributed by atoms with van der Waals surface area (Å²) in [7, 11) is 0. The molecule has 0 aliphatic carbocycles. The Morgan fingerprint density at radius 2 is 2.09 bits per heavy atom. The van der Waals surface area contributed by atoms with Crippen LogP contribution in [0.25, 0.3) is 10.9 Å². The minimum atomic E-state index is -0.500. The van der Waals surface area contributed by atoms with E-state index in [2.05, 4.69) is 22.1 Å². The van der Waals surface area contributed by atoms with Crippen molar-refractivity contribution >= 4 is 28.6 Å². The van der Waals surface area contributed by atoms with Gasteiger partial charge < -0.3 is 10.1 Å². The lowest BCUT2D eigenvalue weighted by atomic mass is 10.1. The lowest BCUT2D eigenvalue weighted by Crippen LogP contribution is -2.32. The first-order valence-corrected chi connectivity index (χ1v) is 7.74. The molecule has 2 aromatic rings. The van der Waals surface area contributed by atoms with Crippen molar-refractivity contribution in [3.05, 3.63) is 41.0 Å². The molecule has 1 amide bonds. The fourth-order valence-corrected chi connectivity index (χ4v) is 2.07. The quantitative estimate of drug-likeness (QED) is 0.511. The van der Waals surface area contributed by atoms with Gasteiger partial charge in [-0.05, 0) is 32.9 Å². The first kappa shape index (κ1) is 17.1. The number of nitrogens with zero attached hydrogens (tertiary/aromatic N) is 1. The van der Waals surface area contributed by atoms with Crippen molar-refractivity contribution in [3.8, 4) is 11.8 Å². The van der Waals surface area contributed by atoms with E-state index in [1.165, 1.54) is 0 Å². The van der Waals surface area contributed by atoms with Crippen LogP contribution in [0.2, 0.25) is 5.15 Å². The van der Waals surface area contributed by atoms with Gasteiger partial charge in [0.15, 0.2) is 0 Å². The third-order valence-corrected chi connectivity index (χ3v) is 3.11. The highest BCUT2D eigenvalue weighted by atomic mass is 35.5. The molecule has 0 radical (unpaired) electrons. The number of ether oxygens (including phenoxy) is 1. The number of carbonyl (C=O) groups excluding carboxylic acids is 1. The number of aromatic nitrogens is 1. The predicted molar refractivity (Wildman–Crippen MR) is 92.5 cm³/mol. The van der Waals surface area contributed by atoms with Crippen LogP contribution in [0.4, 0.5) is 4.79 Å². The summed E-state index contributed by atoms with van der Waals surface area (Å²) in [6.45, 7) is 5.88. The van der Waals surface area contributed by atoms with Crippen molar-refractivity contribution in [2.45, 2.75) is 32.8 Å². The fourth-order valence-electron chi connectivity index (χ4n) is 1.88. The Morgan fingerprint density at radius 1 is 1.35 bits per heavy atom. The number of hydrogen-bond acceptors (Lipinski definition) is 3. The number of amides is 1. The molecule has 0 saturated carbocycles. The minimum absolute atomic E-state index is 0.385. The van der Waals surface area contributed by atoms with Crippen molar-refractivity contribution in [1.29, 1.82) is 0 Å². The van der Waals surface area contributed by atoms with E-state index in [1.807, 2.05) is 51.1 Å². The molecule has 1 aromatic heterocycles. The van der Waals surface area contributed by atoms with E-state index in [1.54, 1.807) is 0 Å². The van der Waals surface area contributed by atoms with Crippen LogP contribution in [0.1, 0.15) is 32.8 Å². The third kappa shape index (κ3) is 5.46. The monoisotopic (exact) mass is 330 g/mol. The Balaban J connectivity index is 1.92. The first-order chi connectivity index (χ1) is 10.8. The molecule has 1 heterocycles. The molecule has 0 aliphatic heterocycles. The van der Waals surface area contributed by atoms with Crippen LogP contribution >= 0.6 is 11.6 Å². The molecule has 1 N–H and O–H groups in total. The van der Waals surface area contributed by atoms with Crippen LogP contribution in [0.15, 0.2) is 30.3 Å². The molecular formula is C18H19ClN2O2. The van der Waals surface area contributed by atoms with E-state index in [9.17, 15) is 4.79 Å². The van der Waals surface area contributed by atoms with Gasteiger partial charge in [0.05, 0.1) is 11.1 Å². The molecule has 0 aliphatic rings. The molecule has 120 valence electrons. The zero-order chi connectivity index (χ0) is 16.9. The van der Waals surface area contributed by atoms with Gasteiger partial charge in [-0.2, -0.15) is 0 Å². The van der Waals surface area contributed by atoms with Gasteiger partial charge in [0.25, 0.3) is 0 Å². The summed E-state index contributed by atoms with van der Waals surface area (Å²) in [6, 6.07) is 9.65. The van der Waals surface area contributed by atoms with Crippen molar-refractivity contribution < 1.29 is 9.53 Å². The molecule has 23 heavy (non-hydrogen) atoms. The van der Waals surface area contributed by atoms with Crippen LogP contribution in [0.3, 0.4) is 0 Å². The van der Waals surface area contributed by atoms with Crippen LogP contribution in [0, 0.1) is 11.8 Å². The number of halogens is 1. The van der Waals surface area contributed by atoms with Crippen molar-refractivity contribution in [2.75, 3.05) is 6.54 Å². The highest BCUT2D eigenvalue weighted by molar-refractivity contribution is 6.31. The molecular weight excluding hydrogens is 312 g/mol. The zero-order valence-electron chi connectivity index (χ0n) is 13.4. The SMILES string of the molecule is CC(C)(C)OC(=O)NCCC#Cc1cc2ccccc2nc1Cl. The van der Waals surface area contributed by atoms with E-state index < -0.39 is 11.7 Å². The maximum atomic E-state index is 11.5. The van der Waals surface area contributed by atoms with Gasteiger partial charge in [-0.25, -0.2) is 9.78 Å². The van der Waals surface area contributed by atoms with Gasteiger partial charge in [0.2, 0.25) is 0 Å². The van der Waals surface area contributed by atoms with E-state index in [-0.39, 0.29) is 0 Å². The summed E-state index contributed by atoms with van der Waals surface area (Å²) in [5, 5.41) is 4.04. The van der Waals surface area contributed by atoms with Gasteiger partial charge in [0.1, 0.15) is 10.8 Å². The van der Waals surface area contributed by atoms with Gasteiger partial charge in [-0.3, -0.25) is 0 Å². The second-order valence-corrected chi connectivity index (χ2v) is 6.36. The Kier molecular flexibility index (Phi) is 5.46. The molecule has 0 fully saturated rings. The Hall–Kier alpha value is -2.25. The van der Waals surface area contributed by atoms with Crippen molar-refractivity contribution in [1.82, 2.24) is 10.3 Å². The van der Waals surface area contributed by atoms with E-state index >= 15 is 0 Å². The molecule has 5 heteroatoms. The van der Waals surface area contributed by atoms with E-state index in [0.717, 1.165) is 10.9 Å². The number of rotatable bonds is 2. The summed E-state index contributed by atoms with van der Waals surface area (Å²) in [6.07, 6.45) is 0.0623. The van der Waals surface area contributed by atoms with Crippen molar-refractivity contribution in [2.24, 2.45) is 0 Å². The smallest absolute Gasteiger partial charge is 0.407 e. The lowest BCUT2D eigenvalue weighted by Gasteiger charge is -2.19. The number of pyridine rings is 1. The van der Waals surface area contributed by atoms with Crippen molar-refractivity contribution in [3.63, 3.8) is 0 Å². The number of para-hydroxylation sites is 1. The summed E-state index contributed by atoms with van der Waals surface area (Å²) in [5.74, 6) is 5.97. The van der Waals surface area contributed by atoms with Crippen LogP contribution < -0.4 is 5.32 Å². The zero-order valence-corrected chi connectivity index (χ0v) is 14.2. The van der Waals surface area contributed by atoms with E-state index in [4.69, 9.17) is 16.3 Å². The largest absolute Gasteiger partial charge is 0.444 e. The summed E-state index contributed by atoms with van der Waals surface area (Å²) in [5.41, 5.74) is 1.03. The van der Waals surface area contributed by atoms with Gasteiger partial charge >= 0.3 is 6.09 Å². The second-order valence-electron chi connectivity index (χ2n) is 6.00. The molecule has 1 aromatic carbocycles. The fraction of sp³-hybridized carbons (Fsp3) is 0.333. The minimum Gasteiger partial charge on any atom is -0.444 e. The van der Waals surface area contributed by atoms with Gasteiger partial charge in [0, 0.05) is 18.4 Å². The number of carbonyl (C=O) groups is 1. The standard InChI is InChI=1S/C18H19ClN2O2/c1-18(2,3)23-17(22)20-11-7-6-9-14-12-13-8-4-5-10-15(13)21-16(14)19/h4-5,8,10,12H,7,11H2,1-3H3,(H,20,22). The summed E-state index contributed by atoms with van der Waals surface area (Å²) >= 11 is 6.14. The summed E-state index contributed by atoms with van der Waals surface area (Å²) in [4.78, 5) is 15.8. The molecule has 0 bridgehead atoms. The average Bonchev–Trinajstić information content (AvgIpc) is 2.45. The van der Waals surface area contributed by atoms with Crippen LogP contribution in [0.5, 0.6) is 0 Å². The topological polar surface area (TPSA) is 51.2 Å². The highest BCUT2D eigenvalue weighted by Gasteiger charge is 2.15. The van der Waals surface area contributed by atoms with Crippen LogP contribution in [-0.2, 0) is 4.74 Å². The van der Waals surface area contributed by atoms with E-state index in [0.29, 0.717) is 23.7 Å². The summed E-state index contributed by atoms with van der Waals surface area (Å²) < 4.78 is 5.14. The normalized spacial score (nSPS) is 10.8. The molecule has 2 rings (SSSR count). The number of alkyl carbamates (subject to hydrolysis) is 1. The maximum absolute atomic E-state index is 11.5. The lowest BCUT2D eigenvalue weighted by molar-refractivity contribution is 0.0529. The highest BCUT2D eigenvalue weighted by Crippen LogP contribution is 2.19. The molecule has 0 spiro atoms. The average molecular weight is 331 g/mol. The Bertz CT molecular complexity index is 770. The first-order valence-electron chi connectivity index (χ1n) is 7.36. The predicted octanol–water partition coefficient (Wildman–Crippen LogP) is 4.15. The van der Waals surface area contributed by atoms with Gasteiger partial charge in [-0.1, -0.05) is 41.6 Å². The van der Waals surface area contributed by atoms with Gasteiger partial charge in [-0.15, -0.1) is 0 Å². The third-order valence-electron chi connectivity index (χ3n) is 2.82. The number of nitrogens with one attached hydrogen (secondary N) is 1. The van der Waals surface area contributed by atoms with Crippen LogP contribution in [-0.4, -0.2) is 23.2 Å². The molecule has 0 atom stereocenters.